The van der Waals surface area contributed by atoms with Crippen LogP contribution in [0.2, 0.25) is 23.4 Å². The molecule has 10 rings (SSSR count). The van der Waals surface area contributed by atoms with E-state index in [0.29, 0.717) is 52.9 Å². The van der Waals surface area contributed by atoms with Crippen molar-refractivity contribution in [3.8, 4) is 22.9 Å². The molecule has 470 valence electrons. The van der Waals surface area contributed by atoms with Gasteiger partial charge in [-0.05, 0) is 207 Å². The van der Waals surface area contributed by atoms with Crippen LogP contribution in [0.25, 0.3) is 11.4 Å². The predicted octanol–water partition coefficient (Wildman–Crippen LogP) is 8.42. The van der Waals surface area contributed by atoms with E-state index in [4.69, 9.17) is 31.2 Å². The average Bonchev–Trinajstić information content (AvgIpc) is 1.95. The number of tetrazole rings is 2. The molecule has 0 aliphatic carbocycles. The van der Waals surface area contributed by atoms with E-state index in [9.17, 15) is 23.5 Å². The van der Waals surface area contributed by atoms with Crippen LogP contribution in [0.1, 0.15) is 128 Å². The van der Waals surface area contributed by atoms with Crippen LogP contribution in [-0.4, -0.2) is 155 Å². The smallest absolute Gasteiger partial charge is 0.368 e. The summed E-state index contributed by atoms with van der Waals surface area (Å²) >= 11 is 5.74. The summed E-state index contributed by atoms with van der Waals surface area (Å²) in [4.78, 5) is 46.2. The third-order valence-electron chi connectivity index (χ3n) is 16.9. The SMILES string of the molecule is CC1(C)C[C@H](Nc2nc(Cl)ncc2F)C[C@@H]2CCCN21.Cn1nnn(-c2cc(N)ccc2OC(C)(C)CO[Si](C)(C)C(C)(C)C)c1=O.Cn1nnn(-c2cc(Nc3ncc(F)c(N[C@@H]4C[C@@H]5CCCN5C(C)(C)C4)n3)ccc2OC(C)(C)CO)c1=O. The molecule has 4 atom stereocenters. The van der Waals surface area contributed by atoms with Gasteiger partial charge in [0.15, 0.2) is 31.6 Å². The minimum atomic E-state index is -1.90. The van der Waals surface area contributed by atoms with Gasteiger partial charge in [-0.15, -0.1) is 0 Å². The maximum absolute atomic E-state index is 14.8. The number of halogens is 3. The van der Waals surface area contributed by atoms with Crippen molar-refractivity contribution in [2.45, 2.75) is 192 Å². The Hall–Kier alpha value is -6.65. The largest absolute Gasteiger partial charge is 0.483 e. The van der Waals surface area contributed by atoms with Crippen molar-refractivity contribution in [1.29, 1.82) is 0 Å². The van der Waals surface area contributed by atoms with Gasteiger partial charge in [-0.25, -0.2) is 28.3 Å². The van der Waals surface area contributed by atoms with Crippen LogP contribution in [0, 0.1) is 11.6 Å². The molecule has 6 aromatic rings. The first kappa shape index (κ1) is 65.3. The zero-order valence-electron chi connectivity index (χ0n) is 52.4. The number of piperidine rings is 2. The quantitative estimate of drug-likeness (QED) is 0.0345. The zero-order valence-corrected chi connectivity index (χ0v) is 54.1. The number of benzene rings is 2. The van der Waals surface area contributed by atoms with Crippen LogP contribution in [0.4, 0.5) is 37.7 Å². The summed E-state index contributed by atoms with van der Waals surface area (Å²) in [5.74, 6) is 0.418. The number of fused-ring (bicyclic) bond motifs is 2. The van der Waals surface area contributed by atoms with Gasteiger partial charge in [-0.1, -0.05) is 20.8 Å². The van der Waals surface area contributed by atoms with E-state index >= 15 is 0 Å². The minimum Gasteiger partial charge on any atom is -0.483 e. The minimum absolute atomic E-state index is 0.0326. The Morgan fingerprint density at radius 3 is 1.71 bits per heavy atom. The fourth-order valence-electron chi connectivity index (χ4n) is 11.5. The lowest BCUT2D eigenvalue weighted by atomic mass is 9.84. The Labute approximate surface area is 507 Å². The van der Waals surface area contributed by atoms with Crippen molar-refractivity contribution in [3.05, 3.63) is 86.7 Å². The molecule has 24 nitrogen and oxygen atoms in total. The number of ether oxygens (including phenoxy) is 2. The van der Waals surface area contributed by atoms with Crippen molar-refractivity contribution in [2.24, 2.45) is 14.1 Å². The molecule has 4 aliphatic heterocycles. The summed E-state index contributed by atoms with van der Waals surface area (Å²) < 4.78 is 51.5. The van der Waals surface area contributed by atoms with E-state index in [1.165, 1.54) is 44.6 Å². The summed E-state index contributed by atoms with van der Waals surface area (Å²) in [6.45, 7) is 29.9. The van der Waals surface area contributed by atoms with Crippen LogP contribution in [-0.2, 0) is 18.5 Å². The van der Waals surface area contributed by atoms with E-state index in [-0.39, 0.29) is 63.4 Å². The van der Waals surface area contributed by atoms with Crippen molar-refractivity contribution in [2.75, 3.05) is 48.0 Å². The molecule has 0 unspecified atom stereocenters. The highest BCUT2D eigenvalue weighted by Crippen LogP contribution is 2.41. The lowest BCUT2D eigenvalue weighted by Gasteiger charge is -2.47. The monoisotopic (exact) mass is 1230 g/mol. The number of aryl methyl sites for hydroxylation is 2. The number of nitrogens with two attached hydrogens (primary N) is 1. The number of nitrogens with zero attached hydrogens (tertiary/aromatic N) is 14. The fraction of sp³-hybridized carbons (Fsp3) is 0.621. The summed E-state index contributed by atoms with van der Waals surface area (Å²) in [7, 11) is 1.12. The van der Waals surface area contributed by atoms with Crippen LogP contribution in [0.15, 0.2) is 58.4 Å². The first-order valence-electron chi connectivity index (χ1n) is 29.3. The third-order valence-corrected chi connectivity index (χ3v) is 21.6. The highest BCUT2D eigenvalue weighted by molar-refractivity contribution is 6.74. The molecular weight excluding hydrogens is 1150 g/mol. The lowest BCUT2D eigenvalue weighted by Crippen LogP contribution is -2.55. The highest BCUT2D eigenvalue weighted by atomic mass is 35.5. The second-order valence-corrected chi connectivity index (χ2v) is 32.1. The normalized spacial score (nSPS) is 20.4. The Kier molecular flexibility index (Phi) is 19.4. The molecule has 28 heteroatoms. The molecule has 4 fully saturated rings. The molecule has 4 aromatic heterocycles. The van der Waals surface area contributed by atoms with Gasteiger partial charge in [0.25, 0.3) is 0 Å². The molecular formula is C58H87ClF2N18O6Si. The first-order chi connectivity index (χ1) is 40.1. The zero-order chi connectivity index (χ0) is 62.9. The number of aromatic nitrogens is 12. The summed E-state index contributed by atoms with van der Waals surface area (Å²) in [6, 6.07) is 11.5. The van der Waals surface area contributed by atoms with E-state index in [1.54, 1.807) is 50.2 Å². The van der Waals surface area contributed by atoms with Crippen molar-refractivity contribution in [1.82, 2.24) is 69.3 Å². The summed E-state index contributed by atoms with van der Waals surface area (Å²) in [5.41, 5.74) is 5.52. The molecule has 0 bridgehead atoms. The standard InChI is InChI=1S/C26H36FN9O3.C18H31N5O3Si.C14H20ClFN4/c1-25(2)13-17(11-18-7-6-10-35(18)25)29-22-19(27)14-28-23(31-22)30-16-8-9-21(39-26(3,4)15-37)20(12-16)36-24(38)34(5)32-33-36;1-17(2,3)27(7,8)25-12-18(4,5)26-15-10-9-13(19)11-14(15)23-16(24)22(6)20-21-23;1-14(2)7-9(6-10-4-3-5-20(10)14)18-12-11(16)8-17-13(15)19-12/h8-9,12,14,17-18,37H,6-7,10-11,13,15H2,1-5H3,(H2,28,29,30,31);9-11H,12,19H2,1-8H3;8-10H,3-7H2,1-2H3,(H,17,18,19)/t17-,18+;;9-,10+/m1.1/s1. The Morgan fingerprint density at radius 1 is 0.721 bits per heavy atom. The number of anilines is 5. The van der Waals surface area contributed by atoms with Crippen LogP contribution < -0.4 is 42.5 Å². The topological polar surface area (TPSA) is 273 Å². The van der Waals surface area contributed by atoms with Gasteiger partial charge >= 0.3 is 11.4 Å². The van der Waals surface area contributed by atoms with Crippen molar-refractivity contribution in [3.63, 3.8) is 0 Å². The Bertz CT molecular complexity index is 3460. The van der Waals surface area contributed by atoms with E-state index in [0.717, 1.165) is 65.1 Å². The second-order valence-electron chi connectivity index (χ2n) is 27.0. The first-order valence-corrected chi connectivity index (χ1v) is 32.6. The maximum atomic E-state index is 14.8. The third kappa shape index (κ3) is 15.5. The van der Waals surface area contributed by atoms with Gasteiger partial charge in [0, 0.05) is 60.7 Å². The van der Waals surface area contributed by atoms with Crippen LogP contribution in [0.3, 0.4) is 0 Å². The van der Waals surface area contributed by atoms with Crippen LogP contribution in [0.5, 0.6) is 11.5 Å². The number of nitrogen functional groups attached to an aromatic ring is 1. The van der Waals surface area contributed by atoms with Gasteiger partial charge in [0.1, 0.15) is 34.1 Å². The molecule has 4 aliphatic rings. The average molecular weight is 1230 g/mol. The molecule has 8 heterocycles. The number of hydrogen-bond donors (Lipinski definition) is 5. The fourth-order valence-corrected chi connectivity index (χ4v) is 12.8. The maximum Gasteiger partial charge on any atom is 0.368 e. The van der Waals surface area contributed by atoms with E-state index in [2.05, 4.69) is 128 Å². The number of aliphatic hydroxyl groups is 1. The highest BCUT2D eigenvalue weighted by Gasteiger charge is 2.45. The van der Waals surface area contributed by atoms with Gasteiger partial charge in [0.05, 0.1) is 25.6 Å². The summed E-state index contributed by atoms with van der Waals surface area (Å²) in [6.07, 6.45) is 10.9. The molecule has 0 saturated carbocycles. The van der Waals surface area contributed by atoms with Gasteiger partial charge in [-0.2, -0.15) is 28.7 Å². The molecule has 86 heavy (non-hydrogen) atoms. The molecule has 2 aromatic carbocycles. The number of hydrogen-bond acceptors (Lipinski definition) is 20. The Balaban J connectivity index is 0.000000178. The molecule has 4 saturated heterocycles. The number of rotatable bonds is 16. The Morgan fingerprint density at radius 2 is 1.21 bits per heavy atom. The lowest BCUT2D eigenvalue weighted by molar-refractivity contribution is 0.0411. The molecule has 0 amide bonds. The van der Waals surface area contributed by atoms with Gasteiger partial charge in [0.2, 0.25) is 11.2 Å². The second kappa shape index (κ2) is 25.6. The predicted molar refractivity (Wildman–Crippen MR) is 330 cm³/mol. The van der Waals surface area contributed by atoms with Gasteiger partial charge < -0.3 is 40.7 Å². The molecule has 6 N–H and O–H groups in total. The van der Waals surface area contributed by atoms with Crippen molar-refractivity contribution >= 4 is 48.9 Å². The van der Waals surface area contributed by atoms with Gasteiger partial charge in [-0.3, -0.25) is 9.80 Å². The summed E-state index contributed by atoms with van der Waals surface area (Å²) in [5, 5.41) is 34.9. The van der Waals surface area contributed by atoms with E-state index in [1.807, 2.05) is 13.8 Å². The van der Waals surface area contributed by atoms with Crippen molar-refractivity contribution < 1.29 is 27.8 Å². The number of nitrogens with one attached hydrogen (secondary N) is 3. The van der Waals surface area contributed by atoms with E-state index < -0.39 is 36.8 Å². The molecule has 0 spiro atoms. The molecule has 0 radical (unpaired) electrons. The van der Waals surface area contributed by atoms with Crippen LogP contribution >= 0.6 is 11.6 Å². The number of aliphatic hydroxyl groups excluding tert-OH is 1.